The first-order chi connectivity index (χ1) is 12.4. The topological polar surface area (TPSA) is 21.8 Å². The molecule has 1 unspecified atom stereocenters. The molecule has 0 amide bonds. The number of para-hydroxylation sites is 1. The monoisotopic (exact) mass is 332 g/mol. The summed E-state index contributed by atoms with van der Waals surface area (Å²) < 4.78 is 11.1. The van der Waals surface area contributed by atoms with Gasteiger partial charge in [0.1, 0.15) is 18.5 Å². The molecule has 0 saturated carbocycles. The number of benzene rings is 3. The van der Waals surface area contributed by atoms with E-state index in [0.717, 1.165) is 25.2 Å². The lowest BCUT2D eigenvalue weighted by Crippen LogP contribution is -2.05. The number of ether oxygens (including phenoxy) is 2. The normalized spacial score (nSPS) is 16.1. The van der Waals surface area contributed by atoms with Crippen molar-refractivity contribution < 1.29 is 9.47 Å². The zero-order valence-electron chi connectivity index (χ0n) is 14.5. The Bertz CT molecular complexity index is 831. The van der Waals surface area contributed by atoms with Gasteiger partial charge < -0.3 is 9.47 Å². The van der Waals surface area contributed by atoms with Gasteiger partial charge in [-0.25, -0.2) is 0 Å². The molecule has 3 aromatic carbocycles. The summed E-state index contributed by atoms with van der Waals surface area (Å²) in [5.74, 6) is 1.02. The fourth-order valence-corrected chi connectivity index (χ4v) is 3.34. The molecule has 1 atom stereocenters. The quantitative estimate of drug-likeness (QED) is 0.418. The molecule has 25 heavy (non-hydrogen) atoms. The Balaban J connectivity index is 1.33. The summed E-state index contributed by atoms with van der Waals surface area (Å²) in [6.07, 6.45) is 4.85. The van der Waals surface area contributed by atoms with Crippen molar-refractivity contribution in [1.29, 1.82) is 0 Å². The van der Waals surface area contributed by atoms with E-state index in [1.807, 2.05) is 6.07 Å². The molecule has 1 fully saturated rings. The van der Waals surface area contributed by atoms with Crippen LogP contribution in [-0.2, 0) is 17.6 Å². The summed E-state index contributed by atoms with van der Waals surface area (Å²) in [6, 6.07) is 23.7. The first-order valence-electron chi connectivity index (χ1n) is 9.19. The van der Waals surface area contributed by atoms with E-state index in [1.54, 1.807) is 0 Å². The molecule has 1 aliphatic rings. The zero-order chi connectivity index (χ0) is 16.9. The predicted octanol–water partition coefficient (Wildman–Crippen LogP) is 5.18. The lowest BCUT2D eigenvalue weighted by molar-refractivity contribution is 0.261. The molecule has 1 saturated heterocycles. The third-order valence-electron chi connectivity index (χ3n) is 4.82. The minimum absolute atomic E-state index is 0.305. The van der Waals surface area contributed by atoms with Gasteiger partial charge in [0.25, 0.3) is 0 Å². The van der Waals surface area contributed by atoms with E-state index in [-0.39, 0.29) is 0 Å². The van der Waals surface area contributed by atoms with E-state index in [0.29, 0.717) is 12.7 Å². The molecular weight excluding hydrogens is 308 g/mol. The van der Waals surface area contributed by atoms with Crippen molar-refractivity contribution in [2.45, 2.75) is 31.8 Å². The highest BCUT2D eigenvalue weighted by Crippen LogP contribution is 2.24. The van der Waals surface area contributed by atoms with Crippen molar-refractivity contribution in [3.63, 3.8) is 0 Å². The van der Waals surface area contributed by atoms with Crippen molar-refractivity contribution in [3.8, 4) is 5.75 Å². The Morgan fingerprint density at radius 2 is 1.48 bits per heavy atom. The second kappa shape index (κ2) is 7.71. The van der Waals surface area contributed by atoms with Gasteiger partial charge in [0.15, 0.2) is 0 Å². The van der Waals surface area contributed by atoms with Crippen LogP contribution in [0.5, 0.6) is 5.75 Å². The first kappa shape index (κ1) is 16.2. The lowest BCUT2D eigenvalue weighted by atomic mass is 9.98. The molecule has 0 bridgehead atoms. The highest BCUT2D eigenvalue weighted by atomic mass is 16.6. The van der Waals surface area contributed by atoms with Crippen LogP contribution >= 0.6 is 0 Å². The molecule has 1 aliphatic heterocycles. The zero-order valence-corrected chi connectivity index (χ0v) is 14.5. The maximum Gasteiger partial charge on any atom is 0.122 e. The smallest absolute Gasteiger partial charge is 0.122 e. The number of rotatable bonds is 8. The summed E-state index contributed by atoms with van der Waals surface area (Å²) in [4.78, 5) is 0. The SMILES string of the molecule is c1ccc(OCC2CO2)c(CCCCc2cccc3ccccc23)c1. The molecule has 0 spiro atoms. The average molecular weight is 332 g/mol. The Morgan fingerprint density at radius 1 is 0.800 bits per heavy atom. The van der Waals surface area contributed by atoms with Crippen LogP contribution in [0, 0.1) is 0 Å². The number of fused-ring (bicyclic) bond motifs is 1. The molecule has 2 nitrogen and oxygen atoms in total. The Morgan fingerprint density at radius 3 is 2.36 bits per heavy atom. The molecule has 0 aliphatic carbocycles. The Hall–Kier alpha value is -2.32. The number of hydrogen-bond acceptors (Lipinski definition) is 2. The summed E-state index contributed by atoms with van der Waals surface area (Å²) >= 11 is 0. The van der Waals surface area contributed by atoms with Crippen molar-refractivity contribution in [3.05, 3.63) is 77.9 Å². The minimum atomic E-state index is 0.305. The van der Waals surface area contributed by atoms with Gasteiger partial charge in [-0.2, -0.15) is 0 Å². The van der Waals surface area contributed by atoms with Gasteiger partial charge in [-0.05, 0) is 53.6 Å². The van der Waals surface area contributed by atoms with Crippen molar-refractivity contribution >= 4 is 10.8 Å². The Kier molecular flexibility index (Phi) is 4.98. The van der Waals surface area contributed by atoms with Crippen LogP contribution in [0.25, 0.3) is 10.8 Å². The molecule has 128 valence electrons. The maximum absolute atomic E-state index is 5.91. The minimum Gasteiger partial charge on any atom is -0.491 e. The average Bonchev–Trinajstić information content (AvgIpc) is 3.49. The number of epoxide rings is 1. The summed E-state index contributed by atoms with van der Waals surface area (Å²) in [7, 11) is 0. The molecule has 4 rings (SSSR count). The van der Waals surface area contributed by atoms with Crippen LogP contribution < -0.4 is 4.74 Å². The van der Waals surface area contributed by atoms with Crippen LogP contribution in [0.3, 0.4) is 0 Å². The van der Waals surface area contributed by atoms with Crippen LogP contribution in [0.1, 0.15) is 24.0 Å². The fourth-order valence-electron chi connectivity index (χ4n) is 3.34. The maximum atomic E-state index is 5.91. The van der Waals surface area contributed by atoms with Gasteiger partial charge in [0.2, 0.25) is 0 Å². The van der Waals surface area contributed by atoms with Crippen molar-refractivity contribution in [1.82, 2.24) is 0 Å². The summed E-state index contributed by atoms with van der Waals surface area (Å²) in [6.45, 7) is 1.51. The van der Waals surface area contributed by atoms with E-state index in [4.69, 9.17) is 9.47 Å². The first-order valence-corrected chi connectivity index (χ1v) is 9.19. The van der Waals surface area contributed by atoms with Crippen LogP contribution in [0.2, 0.25) is 0 Å². The molecular formula is C23H24O2. The fraction of sp³-hybridized carbons (Fsp3) is 0.304. The van der Waals surface area contributed by atoms with Gasteiger partial charge in [0, 0.05) is 0 Å². The van der Waals surface area contributed by atoms with E-state index in [2.05, 4.69) is 60.7 Å². The molecule has 0 N–H and O–H groups in total. The van der Waals surface area contributed by atoms with Crippen molar-refractivity contribution in [2.24, 2.45) is 0 Å². The lowest BCUT2D eigenvalue weighted by Gasteiger charge is -2.11. The van der Waals surface area contributed by atoms with E-state index in [1.165, 1.54) is 34.7 Å². The number of aryl methyl sites for hydroxylation is 2. The molecule has 1 heterocycles. The van der Waals surface area contributed by atoms with Crippen LogP contribution in [0.4, 0.5) is 0 Å². The summed E-state index contributed by atoms with van der Waals surface area (Å²) in [5, 5.41) is 2.72. The number of hydrogen-bond donors (Lipinski definition) is 0. The molecule has 3 aromatic rings. The van der Waals surface area contributed by atoms with Gasteiger partial charge in [-0.1, -0.05) is 60.7 Å². The second-order valence-corrected chi connectivity index (χ2v) is 6.72. The third-order valence-corrected chi connectivity index (χ3v) is 4.82. The summed E-state index contributed by atoms with van der Waals surface area (Å²) in [5.41, 5.74) is 2.76. The Labute approximate surface area is 149 Å². The van der Waals surface area contributed by atoms with Crippen LogP contribution in [0.15, 0.2) is 66.7 Å². The third kappa shape index (κ3) is 4.21. The van der Waals surface area contributed by atoms with Crippen LogP contribution in [-0.4, -0.2) is 19.3 Å². The highest BCUT2D eigenvalue weighted by Gasteiger charge is 2.23. The van der Waals surface area contributed by atoms with Gasteiger partial charge in [0.05, 0.1) is 6.61 Å². The number of unbranched alkanes of at least 4 members (excludes halogenated alkanes) is 1. The van der Waals surface area contributed by atoms with E-state index >= 15 is 0 Å². The van der Waals surface area contributed by atoms with E-state index in [9.17, 15) is 0 Å². The largest absolute Gasteiger partial charge is 0.491 e. The highest BCUT2D eigenvalue weighted by molar-refractivity contribution is 5.85. The predicted molar refractivity (Wildman–Crippen MR) is 102 cm³/mol. The van der Waals surface area contributed by atoms with Crippen molar-refractivity contribution in [2.75, 3.05) is 13.2 Å². The molecule has 0 radical (unpaired) electrons. The van der Waals surface area contributed by atoms with Gasteiger partial charge >= 0.3 is 0 Å². The molecule has 2 heteroatoms. The second-order valence-electron chi connectivity index (χ2n) is 6.72. The van der Waals surface area contributed by atoms with Gasteiger partial charge in [-0.15, -0.1) is 0 Å². The standard InChI is InChI=1S/C23H24O2/c1(8-18-12-7-13-19-9-3-5-14-22(18)19)2-10-20-11-4-6-15-23(20)25-17-21-16-24-21/h3-7,9,11-15,21H,1-2,8,10,16-17H2. The van der Waals surface area contributed by atoms with Gasteiger partial charge in [-0.3, -0.25) is 0 Å². The molecule has 0 aromatic heterocycles. The van der Waals surface area contributed by atoms with E-state index < -0.39 is 0 Å².